The van der Waals surface area contributed by atoms with Crippen molar-refractivity contribution < 1.29 is 21.4 Å². The molecule has 0 saturated carbocycles. The molecule has 0 rings (SSSR count). The van der Waals surface area contributed by atoms with E-state index in [1.54, 1.807) is 0 Å². The summed E-state index contributed by atoms with van der Waals surface area (Å²) in [4.78, 5) is 0. The molecule has 0 aliphatic rings. The third-order valence-corrected chi connectivity index (χ3v) is 0.447. The molecule has 0 spiro atoms. The second kappa shape index (κ2) is 22.8. The van der Waals surface area contributed by atoms with Gasteiger partial charge in [0.25, 0.3) is 0 Å². The van der Waals surface area contributed by atoms with Gasteiger partial charge in [0.2, 0.25) is 0 Å². The first-order valence-corrected chi connectivity index (χ1v) is 8.01. The van der Waals surface area contributed by atoms with E-state index in [0.29, 0.717) is 13.2 Å². The zero-order valence-electron chi connectivity index (χ0n) is 7.21. The van der Waals surface area contributed by atoms with Crippen molar-refractivity contribution in [2.75, 3.05) is 13.2 Å². The van der Waals surface area contributed by atoms with Gasteiger partial charge < -0.3 is 10.2 Å². The fourth-order valence-electron chi connectivity index (χ4n) is 0. The zero-order valence-corrected chi connectivity index (χ0v) is 10.6. The van der Waals surface area contributed by atoms with E-state index in [9.17, 15) is 0 Å². The van der Waals surface area contributed by atoms with Gasteiger partial charge in [-0.05, 0) is 12.8 Å². The topological polar surface area (TPSA) is 40.5 Å². The Bertz CT molecular complexity index is 47.3. The van der Waals surface area contributed by atoms with Crippen molar-refractivity contribution in [2.24, 2.45) is 0 Å². The standard InChI is InChI=1S/2C3H8O.3ClH.Fe/c2*1-2-3-4;;;;/h2*4H,2-3H2,1H3;3*1H;/q;;;;;+3/p-3. The van der Waals surface area contributed by atoms with Crippen molar-refractivity contribution in [3.05, 3.63) is 0 Å². The number of aliphatic hydroxyl groups is 2. The third-order valence-electron chi connectivity index (χ3n) is 0.447. The van der Waals surface area contributed by atoms with Crippen molar-refractivity contribution >= 4 is 30.3 Å². The summed E-state index contributed by atoms with van der Waals surface area (Å²) >= 11 is -1.33. The summed E-state index contributed by atoms with van der Waals surface area (Å²) in [7, 11) is 14.7. The molecule has 0 saturated heterocycles. The van der Waals surface area contributed by atoms with Crippen LogP contribution in [0.4, 0.5) is 0 Å². The van der Waals surface area contributed by atoms with Gasteiger partial charge in [-0.3, -0.25) is 0 Å². The predicted molar refractivity (Wildman–Crippen MR) is 52.3 cm³/mol. The Morgan fingerprint density at radius 2 is 1.00 bits per heavy atom. The zero-order chi connectivity index (χ0) is 10.4. The molecule has 0 heterocycles. The van der Waals surface area contributed by atoms with E-state index < -0.39 is 11.2 Å². The first-order chi connectivity index (χ1) is 5.56. The van der Waals surface area contributed by atoms with Gasteiger partial charge in [0.1, 0.15) is 0 Å². The molecule has 0 aliphatic carbocycles. The van der Waals surface area contributed by atoms with Gasteiger partial charge in [0.15, 0.2) is 0 Å². The van der Waals surface area contributed by atoms with Crippen LogP contribution in [0.3, 0.4) is 0 Å². The minimum atomic E-state index is -1.33. The molecule has 0 aromatic rings. The van der Waals surface area contributed by atoms with Crippen LogP contribution in [0, 0.1) is 0 Å². The Hall–Kier alpha value is 1.31. The molecule has 0 aromatic carbocycles. The molecule has 0 fully saturated rings. The second-order valence-corrected chi connectivity index (χ2v) is 7.07. The summed E-state index contributed by atoms with van der Waals surface area (Å²) in [5, 5.41) is 15.8. The van der Waals surface area contributed by atoms with Crippen LogP contribution in [0.5, 0.6) is 0 Å². The molecule has 0 unspecified atom stereocenters. The number of aliphatic hydroxyl groups excluding tert-OH is 2. The Morgan fingerprint density at radius 1 is 0.917 bits per heavy atom. The van der Waals surface area contributed by atoms with Crippen LogP contribution >= 0.6 is 30.3 Å². The van der Waals surface area contributed by atoms with Crippen LogP contribution in [0.25, 0.3) is 0 Å². The van der Waals surface area contributed by atoms with Crippen molar-refractivity contribution in [1.82, 2.24) is 0 Å². The van der Waals surface area contributed by atoms with Crippen molar-refractivity contribution in [2.45, 2.75) is 26.7 Å². The Kier molecular flexibility index (Phi) is 36.1. The van der Waals surface area contributed by atoms with Crippen molar-refractivity contribution in [3.63, 3.8) is 0 Å². The minimum absolute atomic E-state index is 0.319. The van der Waals surface area contributed by atoms with E-state index in [0.717, 1.165) is 12.8 Å². The second-order valence-electron chi connectivity index (χ2n) is 1.60. The summed E-state index contributed by atoms with van der Waals surface area (Å²) < 4.78 is 0. The predicted octanol–water partition coefficient (Wildman–Crippen LogP) is 2.84. The molecule has 6 heteroatoms. The van der Waals surface area contributed by atoms with Crippen LogP contribution in [0.15, 0.2) is 0 Å². The molecule has 0 aliphatic heterocycles. The van der Waals surface area contributed by atoms with Gasteiger partial charge in [-0.25, -0.2) is 0 Å². The summed E-state index contributed by atoms with van der Waals surface area (Å²) in [5.41, 5.74) is 0. The maximum atomic E-state index is 7.88. The fourth-order valence-corrected chi connectivity index (χ4v) is 0. The third kappa shape index (κ3) is 110. The average Bonchev–Trinajstić information content (AvgIpc) is 2.03. The Balaban J connectivity index is -0.000000101. The first kappa shape index (κ1) is 19.0. The van der Waals surface area contributed by atoms with E-state index >= 15 is 0 Å². The van der Waals surface area contributed by atoms with Crippen molar-refractivity contribution in [1.29, 1.82) is 0 Å². The van der Waals surface area contributed by atoms with E-state index in [-0.39, 0.29) is 0 Å². The molecule has 81 valence electrons. The van der Waals surface area contributed by atoms with Crippen LogP contribution in [0.2, 0.25) is 0 Å². The van der Waals surface area contributed by atoms with E-state index in [1.807, 2.05) is 13.8 Å². The molecule has 0 amide bonds. The summed E-state index contributed by atoms with van der Waals surface area (Å²) in [6.07, 6.45) is 1.75. The maximum absolute atomic E-state index is 7.88. The fraction of sp³-hybridized carbons (Fsp3) is 1.00. The van der Waals surface area contributed by atoms with Crippen molar-refractivity contribution in [3.8, 4) is 0 Å². The molecule has 2 nitrogen and oxygen atoms in total. The first-order valence-electron chi connectivity index (χ1n) is 3.45. The molecule has 0 aromatic heterocycles. The van der Waals surface area contributed by atoms with Gasteiger partial charge >= 0.3 is 41.5 Å². The molecule has 0 radical (unpaired) electrons. The monoisotopic (exact) mass is 281 g/mol. The summed E-state index contributed by atoms with van der Waals surface area (Å²) in [6, 6.07) is 0. The summed E-state index contributed by atoms with van der Waals surface area (Å²) in [5.74, 6) is 0. The molecule has 0 bridgehead atoms. The van der Waals surface area contributed by atoms with Gasteiger partial charge in [-0.1, -0.05) is 13.8 Å². The van der Waals surface area contributed by atoms with Crippen LogP contribution < -0.4 is 0 Å². The van der Waals surface area contributed by atoms with Crippen LogP contribution in [-0.2, 0) is 11.2 Å². The number of rotatable bonds is 2. The Morgan fingerprint density at radius 3 is 1.00 bits per heavy atom. The molecular formula is C6H16Cl3FeO2. The molecule has 0 atom stereocenters. The van der Waals surface area contributed by atoms with E-state index in [1.165, 1.54) is 0 Å². The quantitative estimate of drug-likeness (QED) is 0.765. The number of hydrogen-bond acceptors (Lipinski definition) is 2. The van der Waals surface area contributed by atoms with Crippen LogP contribution in [-0.4, -0.2) is 23.4 Å². The van der Waals surface area contributed by atoms with Gasteiger partial charge in [-0.2, -0.15) is 0 Å². The molecule has 12 heavy (non-hydrogen) atoms. The van der Waals surface area contributed by atoms with E-state index in [4.69, 9.17) is 40.5 Å². The normalized spacial score (nSPS) is 8.75. The van der Waals surface area contributed by atoms with Gasteiger partial charge in [-0.15, -0.1) is 0 Å². The SMILES string of the molecule is CCCO.CCCO.[Cl][Fe]([Cl])[Cl]. The number of halogens is 3. The molecular weight excluding hydrogens is 266 g/mol. The van der Waals surface area contributed by atoms with E-state index in [2.05, 4.69) is 0 Å². The number of hydrogen-bond donors (Lipinski definition) is 2. The Labute approximate surface area is 91.4 Å². The average molecular weight is 282 g/mol. The summed E-state index contributed by atoms with van der Waals surface area (Å²) in [6.45, 7) is 4.50. The molecule has 2 N–H and O–H groups in total. The van der Waals surface area contributed by atoms with Gasteiger partial charge in [0, 0.05) is 13.2 Å². The van der Waals surface area contributed by atoms with Crippen LogP contribution in [0.1, 0.15) is 26.7 Å². The van der Waals surface area contributed by atoms with Gasteiger partial charge in [0.05, 0.1) is 0 Å².